The van der Waals surface area contributed by atoms with E-state index in [0.717, 1.165) is 5.75 Å². The fourth-order valence-electron chi connectivity index (χ4n) is 1.70. The molecule has 0 amide bonds. The Hall–Kier alpha value is -1.33. The number of hydrogen-bond donors (Lipinski definition) is 0. The van der Waals surface area contributed by atoms with Gasteiger partial charge < -0.3 is 4.74 Å². The number of para-hydroxylation sites is 1. The van der Waals surface area contributed by atoms with Gasteiger partial charge in [0.1, 0.15) is 5.75 Å². The van der Waals surface area contributed by atoms with Crippen LogP contribution in [0.4, 0.5) is 0 Å². The highest BCUT2D eigenvalue weighted by Gasteiger charge is 2.05. The standard InChI is InChI=1S/C14H15OP/c1-11-7-6-10-13(14(11)15-2)16-12-8-4-3-5-9-12/h3-10,16H,1-2H3. The minimum Gasteiger partial charge on any atom is -0.496 e. The second-order valence-corrected chi connectivity index (χ2v) is 5.01. The summed E-state index contributed by atoms with van der Waals surface area (Å²) in [6, 6.07) is 16.8. The predicted molar refractivity (Wildman–Crippen MR) is 71.8 cm³/mol. The van der Waals surface area contributed by atoms with Gasteiger partial charge in [0.05, 0.1) is 7.11 Å². The summed E-state index contributed by atoms with van der Waals surface area (Å²) in [5.74, 6) is 1.02. The third-order valence-electron chi connectivity index (χ3n) is 2.47. The van der Waals surface area contributed by atoms with Crippen molar-refractivity contribution in [1.82, 2.24) is 0 Å². The van der Waals surface area contributed by atoms with Crippen LogP contribution in [0.15, 0.2) is 48.5 Å². The fraction of sp³-hybridized carbons (Fsp3) is 0.143. The van der Waals surface area contributed by atoms with Gasteiger partial charge in [0.15, 0.2) is 0 Å². The summed E-state index contributed by atoms with van der Waals surface area (Å²) >= 11 is 0. The Labute approximate surface area is 98.2 Å². The number of ether oxygens (including phenoxy) is 1. The second-order valence-electron chi connectivity index (χ2n) is 3.65. The first kappa shape index (κ1) is 11.2. The molecule has 0 aliphatic carbocycles. The van der Waals surface area contributed by atoms with Crippen molar-refractivity contribution in [3.8, 4) is 5.75 Å². The van der Waals surface area contributed by atoms with Gasteiger partial charge in [0, 0.05) is 5.30 Å². The lowest BCUT2D eigenvalue weighted by Gasteiger charge is -2.11. The number of rotatable bonds is 3. The van der Waals surface area contributed by atoms with Crippen molar-refractivity contribution in [2.75, 3.05) is 7.11 Å². The van der Waals surface area contributed by atoms with Crippen molar-refractivity contribution < 1.29 is 4.74 Å². The van der Waals surface area contributed by atoms with Crippen LogP contribution in [0.3, 0.4) is 0 Å². The van der Waals surface area contributed by atoms with E-state index in [0.29, 0.717) is 8.58 Å². The zero-order valence-corrected chi connectivity index (χ0v) is 10.5. The topological polar surface area (TPSA) is 9.23 Å². The van der Waals surface area contributed by atoms with Gasteiger partial charge in [0.2, 0.25) is 0 Å². The van der Waals surface area contributed by atoms with Crippen molar-refractivity contribution in [1.29, 1.82) is 0 Å². The molecule has 0 bridgehead atoms. The highest BCUT2D eigenvalue weighted by molar-refractivity contribution is 7.55. The monoisotopic (exact) mass is 230 g/mol. The molecule has 0 N–H and O–H groups in total. The molecule has 0 spiro atoms. The van der Waals surface area contributed by atoms with E-state index in [1.807, 2.05) is 6.07 Å². The SMILES string of the molecule is COc1c(C)cccc1Pc1ccccc1. The van der Waals surface area contributed by atoms with Gasteiger partial charge in [-0.05, 0) is 17.8 Å². The first-order valence-electron chi connectivity index (χ1n) is 5.27. The molecule has 0 heterocycles. The van der Waals surface area contributed by atoms with Crippen LogP contribution in [0.5, 0.6) is 5.75 Å². The summed E-state index contributed by atoms with van der Waals surface area (Å²) in [6.45, 7) is 2.08. The highest BCUT2D eigenvalue weighted by atomic mass is 31.1. The predicted octanol–water partition coefficient (Wildman–Crippen LogP) is 2.63. The summed E-state index contributed by atoms with van der Waals surface area (Å²) < 4.78 is 5.46. The number of methoxy groups -OCH3 is 1. The van der Waals surface area contributed by atoms with Crippen LogP contribution < -0.4 is 15.3 Å². The van der Waals surface area contributed by atoms with Crippen LogP contribution in [0.2, 0.25) is 0 Å². The molecule has 0 aliphatic rings. The minimum absolute atomic E-state index is 0.654. The average molecular weight is 230 g/mol. The van der Waals surface area contributed by atoms with Crippen LogP contribution >= 0.6 is 8.58 Å². The molecule has 1 nitrogen and oxygen atoms in total. The molecule has 1 unspecified atom stereocenters. The van der Waals surface area contributed by atoms with E-state index in [-0.39, 0.29) is 0 Å². The van der Waals surface area contributed by atoms with E-state index in [4.69, 9.17) is 4.74 Å². The van der Waals surface area contributed by atoms with E-state index in [9.17, 15) is 0 Å². The Balaban J connectivity index is 2.31. The van der Waals surface area contributed by atoms with Crippen LogP contribution in [-0.4, -0.2) is 7.11 Å². The summed E-state index contributed by atoms with van der Waals surface area (Å²) in [6.07, 6.45) is 0. The summed E-state index contributed by atoms with van der Waals surface area (Å²) in [7, 11) is 2.39. The smallest absolute Gasteiger partial charge is 0.129 e. The minimum atomic E-state index is 0.654. The molecule has 1 atom stereocenters. The normalized spacial score (nSPS) is 10.9. The maximum atomic E-state index is 5.46. The molecule has 0 fully saturated rings. The lowest BCUT2D eigenvalue weighted by atomic mass is 10.2. The molecule has 82 valence electrons. The van der Waals surface area contributed by atoms with Crippen molar-refractivity contribution in [2.45, 2.75) is 6.92 Å². The van der Waals surface area contributed by atoms with E-state index in [1.54, 1.807) is 7.11 Å². The quantitative estimate of drug-likeness (QED) is 0.736. The third kappa shape index (κ3) is 2.43. The van der Waals surface area contributed by atoms with Crippen LogP contribution in [-0.2, 0) is 0 Å². The van der Waals surface area contributed by atoms with E-state index >= 15 is 0 Å². The molecule has 0 saturated heterocycles. The number of hydrogen-bond acceptors (Lipinski definition) is 1. The zero-order valence-electron chi connectivity index (χ0n) is 9.53. The number of benzene rings is 2. The van der Waals surface area contributed by atoms with Gasteiger partial charge in [-0.25, -0.2) is 0 Å². The molecule has 16 heavy (non-hydrogen) atoms. The summed E-state index contributed by atoms with van der Waals surface area (Å²) in [5.41, 5.74) is 1.20. The van der Waals surface area contributed by atoms with Crippen LogP contribution in [0.25, 0.3) is 0 Å². The molecule has 2 aromatic rings. The molecule has 0 saturated carbocycles. The van der Waals surface area contributed by atoms with Crippen LogP contribution in [0, 0.1) is 6.92 Å². The van der Waals surface area contributed by atoms with E-state index < -0.39 is 0 Å². The molecule has 2 aromatic carbocycles. The van der Waals surface area contributed by atoms with Gasteiger partial charge in [-0.15, -0.1) is 0 Å². The molecular weight excluding hydrogens is 215 g/mol. The van der Waals surface area contributed by atoms with Crippen LogP contribution in [0.1, 0.15) is 5.56 Å². The Morgan fingerprint density at radius 3 is 2.38 bits per heavy atom. The Bertz CT molecular complexity index is 465. The first-order chi connectivity index (χ1) is 7.81. The molecule has 0 aliphatic heterocycles. The lowest BCUT2D eigenvalue weighted by Crippen LogP contribution is -2.07. The fourth-order valence-corrected chi connectivity index (χ4v) is 2.96. The molecule has 0 radical (unpaired) electrons. The Morgan fingerprint density at radius 1 is 0.938 bits per heavy atom. The van der Waals surface area contributed by atoms with Gasteiger partial charge in [-0.1, -0.05) is 57.1 Å². The largest absolute Gasteiger partial charge is 0.496 e. The number of aryl methyl sites for hydroxylation is 1. The van der Waals surface area contributed by atoms with Gasteiger partial charge in [-0.2, -0.15) is 0 Å². The van der Waals surface area contributed by atoms with Gasteiger partial charge in [0.25, 0.3) is 0 Å². The summed E-state index contributed by atoms with van der Waals surface area (Å²) in [4.78, 5) is 0. The first-order valence-corrected chi connectivity index (χ1v) is 6.27. The molecule has 2 rings (SSSR count). The third-order valence-corrected chi connectivity index (χ3v) is 3.75. The Morgan fingerprint density at radius 2 is 1.69 bits per heavy atom. The lowest BCUT2D eigenvalue weighted by molar-refractivity contribution is 0.415. The van der Waals surface area contributed by atoms with Gasteiger partial charge >= 0.3 is 0 Å². The Kier molecular flexibility index (Phi) is 3.58. The maximum Gasteiger partial charge on any atom is 0.129 e. The zero-order chi connectivity index (χ0) is 11.4. The van der Waals surface area contributed by atoms with Crippen molar-refractivity contribution in [2.24, 2.45) is 0 Å². The van der Waals surface area contributed by atoms with Gasteiger partial charge in [-0.3, -0.25) is 0 Å². The van der Waals surface area contributed by atoms with E-state index in [2.05, 4.69) is 49.4 Å². The van der Waals surface area contributed by atoms with Crippen molar-refractivity contribution in [3.05, 3.63) is 54.1 Å². The summed E-state index contributed by atoms with van der Waals surface area (Å²) in [5, 5.41) is 2.61. The average Bonchev–Trinajstić information content (AvgIpc) is 2.31. The van der Waals surface area contributed by atoms with Crippen molar-refractivity contribution >= 4 is 19.2 Å². The second kappa shape index (κ2) is 5.14. The molecule has 0 aromatic heterocycles. The molecule has 2 heteroatoms. The highest BCUT2D eigenvalue weighted by Crippen LogP contribution is 2.22. The maximum absolute atomic E-state index is 5.46. The van der Waals surface area contributed by atoms with Crippen molar-refractivity contribution in [3.63, 3.8) is 0 Å². The van der Waals surface area contributed by atoms with E-state index in [1.165, 1.54) is 16.2 Å². The molecular formula is C14H15OP.